The second-order valence-electron chi connectivity index (χ2n) is 4.40. The Morgan fingerprint density at radius 1 is 1.37 bits per heavy atom. The fourth-order valence-corrected chi connectivity index (χ4v) is 2.26. The predicted octanol–water partition coefficient (Wildman–Crippen LogP) is 3.47. The Labute approximate surface area is 120 Å². The Bertz CT molecular complexity index is 440. The van der Waals surface area contributed by atoms with E-state index in [9.17, 15) is 13.2 Å². The van der Waals surface area contributed by atoms with Crippen molar-refractivity contribution in [2.45, 2.75) is 37.5 Å². The fourth-order valence-electron chi connectivity index (χ4n) is 2.04. The van der Waals surface area contributed by atoms with E-state index < -0.39 is 11.7 Å². The van der Waals surface area contributed by atoms with Crippen LogP contribution in [-0.4, -0.2) is 17.1 Å². The molecule has 0 bridgehead atoms. The lowest BCUT2D eigenvalue weighted by Crippen LogP contribution is -2.35. The number of pyridine rings is 1. The van der Waals surface area contributed by atoms with Crippen LogP contribution in [0.4, 0.5) is 19.0 Å². The van der Waals surface area contributed by atoms with Crippen LogP contribution < -0.4 is 11.1 Å². The molecule has 1 fully saturated rings. The van der Waals surface area contributed by atoms with E-state index in [0.717, 1.165) is 31.5 Å². The van der Waals surface area contributed by atoms with Crippen molar-refractivity contribution in [3.63, 3.8) is 0 Å². The summed E-state index contributed by atoms with van der Waals surface area (Å²) in [5, 5.41) is 2.96. The molecule has 1 heterocycles. The lowest BCUT2D eigenvalue weighted by atomic mass is 10.2. The Morgan fingerprint density at radius 3 is 2.53 bits per heavy atom. The standard InChI is InChI=1S/C11H13ClF3N3.ClH/c12-7-4-6(11(13,14)15)5-17-10(7)18-9-3-1-2-8(9)16;/h4-5,8-9H,1-3,16H2,(H,17,18);1H/t8-,9-;/m0./s1. The average Bonchev–Trinajstić information content (AvgIpc) is 2.66. The Morgan fingerprint density at radius 2 is 2.05 bits per heavy atom. The Hall–Kier alpha value is -0.720. The van der Waals surface area contributed by atoms with Crippen LogP contribution >= 0.6 is 24.0 Å². The first-order chi connectivity index (χ1) is 8.38. The summed E-state index contributed by atoms with van der Waals surface area (Å²) in [5.41, 5.74) is 5.01. The van der Waals surface area contributed by atoms with Crippen molar-refractivity contribution in [2.24, 2.45) is 5.73 Å². The summed E-state index contributed by atoms with van der Waals surface area (Å²) >= 11 is 5.80. The zero-order chi connectivity index (χ0) is 13.3. The van der Waals surface area contributed by atoms with Crippen LogP contribution in [-0.2, 0) is 6.18 Å². The van der Waals surface area contributed by atoms with Gasteiger partial charge in [-0.2, -0.15) is 13.2 Å². The molecule has 3 N–H and O–H groups in total. The first-order valence-corrected chi connectivity index (χ1v) is 6.00. The van der Waals surface area contributed by atoms with Gasteiger partial charge in [0.1, 0.15) is 5.82 Å². The van der Waals surface area contributed by atoms with Gasteiger partial charge in [-0.25, -0.2) is 4.98 Å². The third-order valence-corrected chi connectivity index (χ3v) is 3.35. The van der Waals surface area contributed by atoms with E-state index >= 15 is 0 Å². The molecule has 0 saturated heterocycles. The highest BCUT2D eigenvalue weighted by Crippen LogP contribution is 2.33. The highest BCUT2D eigenvalue weighted by atomic mass is 35.5. The minimum atomic E-state index is -4.43. The van der Waals surface area contributed by atoms with Crippen LogP contribution in [0.3, 0.4) is 0 Å². The minimum absolute atomic E-state index is 0. The highest BCUT2D eigenvalue weighted by Gasteiger charge is 2.32. The van der Waals surface area contributed by atoms with Crippen molar-refractivity contribution in [1.29, 1.82) is 0 Å². The first kappa shape index (κ1) is 16.3. The number of nitrogens with zero attached hydrogens (tertiary/aromatic N) is 1. The van der Waals surface area contributed by atoms with Crippen molar-refractivity contribution in [2.75, 3.05) is 5.32 Å². The Balaban J connectivity index is 0.00000180. The molecule has 0 radical (unpaired) electrons. The third kappa shape index (κ3) is 3.87. The molecule has 2 atom stereocenters. The quantitative estimate of drug-likeness (QED) is 0.878. The summed E-state index contributed by atoms with van der Waals surface area (Å²) in [5.74, 6) is 0.256. The molecule has 1 aliphatic carbocycles. The van der Waals surface area contributed by atoms with E-state index in [0.29, 0.717) is 0 Å². The van der Waals surface area contributed by atoms with Gasteiger partial charge in [0, 0.05) is 18.3 Å². The molecule has 1 aliphatic rings. The molecule has 0 aromatic carbocycles. The van der Waals surface area contributed by atoms with E-state index in [4.69, 9.17) is 17.3 Å². The van der Waals surface area contributed by atoms with Crippen molar-refractivity contribution in [1.82, 2.24) is 4.98 Å². The molecular formula is C11H14Cl2F3N3. The van der Waals surface area contributed by atoms with Crippen molar-refractivity contribution in [3.8, 4) is 0 Å². The van der Waals surface area contributed by atoms with Gasteiger partial charge >= 0.3 is 6.18 Å². The van der Waals surface area contributed by atoms with E-state index in [-0.39, 0.29) is 35.3 Å². The van der Waals surface area contributed by atoms with Crippen LogP contribution in [0.25, 0.3) is 0 Å². The lowest BCUT2D eigenvalue weighted by Gasteiger charge is -2.19. The van der Waals surface area contributed by atoms with Crippen molar-refractivity contribution >= 4 is 29.8 Å². The maximum absolute atomic E-state index is 12.4. The summed E-state index contributed by atoms with van der Waals surface area (Å²) in [4.78, 5) is 3.72. The number of rotatable bonds is 2. The second kappa shape index (κ2) is 6.15. The van der Waals surface area contributed by atoms with E-state index in [1.54, 1.807) is 0 Å². The summed E-state index contributed by atoms with van der Waals surface area (Å²) < 4.78 is 37.3. The van der Waals surface area contributed by atoms with Gasteiger partial charge in [-0.3, -0.25) is 0 Å². The van der Waals surface area contributed by atoms with Crippen LogP contribution in [0, 0.1) is 0 Å². The summed E-state index contributed by atoms with van der Waals surface area (Å²) in [6.07, 6.45) is -0.888. The monoisotopic (exact) mass is 315 g/mol. The van der Waals surface area contributed by atoms with Crippen LogP contribution in [0.2, 0.25) is 5.02 Å². The molecular weight excluding hydrogens is 302 g/mol. The number of nitrogens with two attached hydrogens (primary N) is 1. The lowest BCUT2D eigenvalue weighted by molar-refractivity contribution is -0.137. The molecule has 0 unspecified atom stereocenters. The van der Waals surface area contributed by atoms with E-state index in [2.05, 4.69) is 10.3 Å². The zero-order valence-corrected chi connectivity index (χ0v) is 11.4. The number of halogens is 5. The van der Waals surface area contributed by atoms with Gasteiger partial charge in [-0.15, -0.1) is 12.4 Å². The molecule has 0 aliphatic heterocycles. The average molecular weight is 316 g/mol. The van der Waals surface area contributed by atoms with E-state index in [1.165, 1.54) is 0 Å². The molecule has 1 aromatic heterocycles. The van der Waals surface area contributed by atoms with Gasteiger partial charge in [0.15, 0.2) is 0 Å². The highest BCUT2D eigenvalue weighted by molar-refractivity contribution is 6.33. The number of hydrogen-bond acceptors (Lipinski definition) is 3. The summed E-state index contributed by atoms with van der Waals surface area (Å²) in [6.45, 7) is 0. The van der Waals surface area contributed by atoms with Crippen molar-refractivity contribution < 1.29 is 13.2 Å². The Kier molecular flexibility index (Phi) is 5.29. The smallest absolute Gasteiger partial charge is 0.365 e. The third-order valence-electron chi connectivity index (χ3n) is 3.06. The molecule has 108 valence electrons. The fraction of sp³-hybridized carbons (Fsp3) is 0.545. The summed E-state index contributed by atoms with van der Waals surface area (Å²) in [6, 6.07) is 0.883. The van der Waals surface area contributed by atoms with Gasteiger partial charge in [-0.05, 0) is 25.3 Å². The van der Waals surface area contributed by atoms with Gasteiger partial charge in [-0.1, -0.05) is 11.6 Å². The molecule has 8 heteroatoms. The molecule has 1 aromatic rings. The predicted molar refractivity (Wildman–Crippen MR) is 70.7 cm³/mol. The topological polar surface area (TPSA) is 50.9 Å². The summed E-state index contributed by atoms with van der Waals surface area (Å²) in [7, 11) is 0. The molecule has 0 amide bonds. The van der Waals surface area contributed by atoms with E-state index in [1.807, 2.05) is 0 Å². The van der Waals surface area contributed by atoms with Gasteiger partial charge in [0.05, 0.1) is 10.6 Å². The normalized spacial score (nSPS) is 23.0. The molecule has 1 saturated carbocycles. The molecule has 2 rings (SSSR count). The first-order valence-electron chi connectivity index (χ1n) is 5.63. The number of nitrogens with one attached hydrogen (secondary N) is 1. The molecule has 3 nitrogen and oxygen atoms in total. The van der Waals surface area contributed by atoms with Gasteiger partial charge < -0.3 is 11.1 Å². The van der Waals surface area contributed by atoms with Gasteiger partial charge in [0.25, 0.3) is 0 Å². The number of alkyl halides is 3. The largest absolute Gasteiger partial charge is 0.417 e. The van der Waals surface area contributed by atoms with Crippen molar-refractivity contribution in [3.05, 3.63) is 22.8 Å². The maximum Gasteiger partial charge on any atom is 0.417 e. The SMILES string of the molecule is Cl.N[C@H]1CCC[C@@H]1Nc1ncc(C(F)(F)F)cc1Cl. The number of anilines is 1. The van der Waals surface area contributed by atoms with Crippen LogP contribution in [0.5, 0.6) is 0 Å². The van der Waals surface area contributed by atoms with Crippen LogP contribution in [0.1, 0.15) is 24.8 Å². The number of hydrogen-bond donors (Lipinski definition) is 2. The second-order valence-corrected chi connectivity index (χ2v) is 4.80. The molecule has 19 heavy (non-hydrogen) atoms. The number of aromatic nitrogens is 1. The van der Waals surface area contributed by atoms with Crippen LogP contribution in [0.15, 0.2) is 12.3 Å². The van der Waals surface area contributed by atoms with Gasteiger partial charge in [0.2, 0.25) is 0 Å². The molecule has 0 spiro atoms. The maximum atomic E-state index is 12.4. The minimum Gasteiger partial charge on any atom is -0.365 e. The zero-order valence-electron chi connectivity index (χ0n) is 9.88.